The number of carboxylic acid groups (broad SMARTS) is 1. The van der Waals surface area contributed by atoms with Gasteiger partial charge in [0.1, 0.15) is 0 Å². The molecule has 2 N–H and O–H groups in total. The van der Waals surface area contributed by atoms with Gasteiger partial charge in [-0.15, -0.1) is 0 Å². The fraction of sp³-hybridized carbons (Fsp3) is 0.500. The van der Waals surface area contributed by atoms with E-state index in [9.17, 15) is 14.4 Å². The Hall–Kier alpha value is -2.57. The monoisotopic (exact) mass is 347 g/mol. The van der Waals surface area contributed by atoms with E-state index in [0.29, 0.717) is 19.5 Å². The van der Waals surface area contributed by atoms with Crippen molar-refractivity contribution in [3.8, 4) is 0 Å². The first kappa shape index (κ1) is 18.8. The normalized spacial score (nSPS) is 17.0. The molecule has 1 heterocycles. The molecule has 1 saturated heterocycles. The quantitative estimate of drug-likeness (QED) is 0.812. The Kier molecular flexibility index (Phi) is 6.80. The molecule has 7 nitrogen and oxygen atoms in total. The number of carbonyl (C=O) groups excluding carboxylic acids is 2. The van der Waals surface area contributed by atoms with Gasteiger partial charge in [-0.25, -0.2) is 4.79 Å². The van der Waals surface area contributed by atoms with Crippen molar-refractivity contribution < 1.29 is 19.5 Å². The van der Waals surface area contributed by atoms with Crippen molar-refractivity contribution >= 4 is 17.9 Å². The average molecular weight is 347 g/mol. The number of nitrogens with one attached hydrogen (secondary N) is 1. The van der Waals surface area contributed by atoms with Gasteiger partial charge in [-0.1, -0.05) is 30.3 Å². The topological polar surface area (TPSA) is 89.9 Å². The first-order valence-electron chi connectivity index (χ1n) is 8.51. The third-order valence-corrected chi connectivity index (χ3v) is 4.31. The van der Waals surface area contributed by atoms with Gasteiger partial charge in [0.2, 0.25) is 5.91 Å². The molecule has 136 valence electrons. The fourth-order valence-corrected chi connectivity index (χ4v) is 2.85. The maximum atomic E-state index is 12.4. The summed E-state index contributed by atoms with van der Waals surface area (Å²) in [6.07, 6.45) is 1.92. The zero-order valence-corrected chi connectivity index (χ0v) is 14.5. The highest BCUT2D eigenvalue weighted by Gasteiger charge is 2.25. The molecule has 0 spiro atoms. The first-order valence-corrected chi connectivity index (χ1v) is 8.51. The number of aliphatic carboxylic acids is 1. The molecule has 1 atom stereocenters. The van der Waals surface area contributed by atoms with Crippen molar-refractivity contribution in [2.45, 2.75) is 31.7 Å². The van der Waals surface area contributed by atoms with Crippen molar-refractivity contribution in [2.24, 2.45) is 0 Å². The molecule has 0 saturated carbocycles. The van der Waals surface area contributed by atoms with E-state index in [1.807, 2.05) is 30.3 Å². The third kappa shape index (κ3) is 6.10. The molecule has 1 aliphatic heterocycles. The summed E-state index contributed by atoms with van der Waals surface area (Å²) < 4.78 is 0. The van der Waals surface area contributed by atoms with Crippen LogP contribution in [-0.4, -0.2) is 65.5 Å². The Balaban J connectivity index is 1.82. The maximum absolute atomic E-state index is 12.4. The number of rotatable bonds is 6. The summed E-state index contributed by atoms with van der Waals surface area (Å²) in [5.74, 6) is -0.876. The molecule has 1 fully saturated rings. The van der Waals surface area contributed by atoms with E-state index in [-0.39, 0.29) is 30.9 Å². The lowest BCUT2D eigenvalue weighted by atomic mass is 10.0. The van der Waals surface area contributed by atoms with Gasteiger partial charge in [-0.05, 0) is 18.4 Å². The van der Waals surface area contributed by atoms with Gasteiger partial charge in [-0.3, -0.25) is 9.59 Å². The summed E-state index contributed by atoms with van der Waals surface area (Å²) in [7, 11) is 1.57. The fourth-order valence-electron chi connectivity index (χ4n) is 2.85. The molecule has 1 unspecified atom stereocenters. The summed E-state index contributed by atoms with van der Waals surface area (Å²) in [4.78, 5) is 38.3. The number of carbonyl (C=O) groups is 3. The van der Waals surface area contributed by atoms with Crippen molar-refractivity contribution in [3.63, 3.8) is 0 Å². The molecular weight excluding hydrogens is 322 g/mol. The predicted molar refractivity (Wildman–Crippen MR) is 93.2 cm³/mol. The van der Waals surface area contributed by atoms with Gasteiger partial charge in [-0.2, -0.15) is 0 Å². The number of hydrogen-bond donors (Lipinski definition) is 2. The molecule has 1 aliphatic rings. The van der Waals surface area contributed by atoms with Crippen molar-refractivity contribution in [1.29, 1.82) is 0 Å². The van der Waals surface area contributed by atoms with Gasteiger partial charge >= 0.3 is 12.0 Å². The van der Waals surface area contributed by atoms with E-state index in [4.69, 9.17) is 5.11 Å². The molecular formula is C18H25N3O4. The number of benzene rings is 1. The van der Waals surface area contributed by atoms with Crippen LogP contribution in [0.25, 0.3) is 0 Å². The van der Waals surface area contributed by atoms with Crippen LogP contribution in [0.5, 0.6) is 0 Å². The third-order valence-electron chi connectivity index (χ3n) is 4.31. The summed E-state index contributed by atoms with van der Waals surface area (Å²) >= 11 is 0. The second-order valence-corrected chi connectivity index (χ2v) is 6.36. The SMILES string of the molecule is CN(CCC(=O)O)C(=O)NC1CCCN(C(=O)Cc2ccccc2)C1. The molecule has 2 rings (SSSR count). The van der Waals surface area contributed by atoms with Crippen LogP contribution in [0, 0.1) is 0 Å². The van der Waals surface area contributed by atoms with Crippen molar-refractivity contribution in [2.75, 3.05) is 26.7 Å². The summed E-state index contributed by atoms with van der Waals surface area (Å²) in [5, 5.41) is 11.6. The number of hydrogen-bond acceptors (Lipinski definition) is 3. The maximum Gasteiger partial charge on any atom is 0.317 e. The molecule has 0 bridgehead atoms. The zero-order valence-electron chi connectivity index (χ0n) is 14.5. The zero-order chi connectivity index (χ0) is 18.2. The number of likely N-dealkylation sites (tertiary alicyclic amines) is 1. The van der Waals surface area contributed by atoms with Gasteiger partial charge in [0, 0.05) is 32.7 Å². The largest absolute Gasteiger partial charge is 0.481 e. The Morgan fingerprint density at radius 3 is 2.68 bits per heavy atom. The second kappa shape index (κ2) is 9.05. The van der Waals surface area contributed by atoms with E-state index in [2.05, 4.69) is 5.32 Å². The predicted octanol–water partition coefficient (Wildman–Crippen LogP) is 1.34. The molecule has 1 aromatic rings. The van der Waals surface area contributed by atoms with Gasteiger partial charge < -0.3 is 20.2 Å². The second-order valence-electron chi connectivity index (χ2n) is 6.36. The average Bonchev–Trinajstić information content (AvgIpc) is 2.60. The van der Waals surface area contributed by atoms with Gasteiger partial charge in [0.15, 0.2) is 0 Å². The number of amides is 3. The highest BCUT2D eigenvalue weighted by atomic mass is 16.4. The summed E-state index contributed by atoms with van der Waals surface area (Å²) in [6.45, 7) is 1.35. The number of piperidine rings is 1. The number of urea groups is 1. The van der Waals surface area contributed by atoms with E-state index in [1.165, 1.54) is 4.90 Å². The first-order chi connectivity index (χ1) is 12.0. The molecule has 3 amide bonds. The van der Waals surface area contributed by atoms with Gasteiger partial charge in [0.25, 0.3) is 0 Å². The summed E-state index contributed by atoms with van der Waals surface area (Å²) in [5.41, 5.74) is 0.979. The van der Waals surface area contributed by atoms with E-state index in [0.717, 1.165) is 18.4 Å². The van der Waals surface area contributed by atoms with Crippen LogP contribution < -0.4 is 5.32 Å². The molecule has 0 radical (unpaired) electrons. The number of carboxylic acids is 1. The Labute approximate surface area is 147 Å². The molecule has 25 heavy (non-hydrogen) atoms. The number of nitrogens with zero attached hydrogens (tertiary/aromatic N) is 2. The van der Waals surface area contributed by atoms with Crippen LogP contribution in [-0.2, 0) is 16.0 Å². The minimum Gasteiger partial charge on any atom is -0.481 e. The molecule has 0 aliphatic carbocycles. The lowest BCUT2D eigenvalue weighted by Crippen LogP contribution is -2.52. The molecule has 1 aromatic carbocycles. The minimum absolute atomic E-state index is 0.0596. The Morgan fingerprint density at radius 1 is 1.28 bits per heavy atom. The van der Waals surface area contributed by atoms with E-state index in [1.54, 1.807) is 11.9 Å². The summed E-state index contributed by atoms with van der Waals surface area (Å²) in [6, 6.07) is 9.19. The lowest BCUT2D eigenvalue weighted by Gasteiger charge is -2.34. The van der Waals surface area contributed by atoms with Crippen LogP contribution in [0.4, 0.5) is 4.79 Å². The molecule has 7 heteroatoms. The van der Waals surface area contributed by atoms with Crippen molar-refractivity contribution in [3.05, 3.63) is 35.9 Å². The highest BCUT2D eigenvalue weighted by Crippen LogP contribution is 2.13. The minimum atomic E-state index is -0.935. The molecule has 0 aromatic heterocycles. The van der Waals surface area contributed by atoms with E-state index < -0.39 is 5.97 Å². The van der Waals surface area contributed by atoms with E-state index >= 15 is 0 Å². The Bertz CT molecular complexity index is 606. The van der Waals surface area contributed by atoms with Crippen LogP contribution in [0.3, 0.4) is 0 Å². The van der Waals surface area contributed by atoms with Gasteiger partial charge in [0.05, 0.1) is 12.8 Å². The van der Waals surface area contributed by atoms with Crippen LogP contribution in [0.2, 0.25) is 0 Å². The van der Waals surface area contributed by atoms with Crippen LogP contribution >= 0.6 is 0 Å². The smallest absolute Gasteiger partial charge is 0.317 e. The Morgan fingerprint density at radius 2 is 2.00 bits per heavy atom. The van der Waals surface area contributed by atoms with Crippen LogP contribution in [0.15, 0.2) is 30.3 Å². The van der Waals surface area contributed by atoms with Crippen molar-refractivity contribution in [1.82, 2.24) is 15.1 Å². The highest BCUT2D eigenvalue weighted by molar-refractivity contribution is 5.79. The lowest BCUT2D eigenvalue weighted by molar-refractivity contribution is -0.137. The standard InChI is InChI=1S/C18H25N3O4/c1-20(11-9-17(23)24)18(25)19-15-8-5-10-21(13-15)16(22)12-14-6-3-2-4-7-14/h2-4,6-7,15H,5,8-13H2,1H3,(H,19,25)(H,23,24). The van der Waals surface area contributed by atoms with Crippen LogP contribution in [0.1, 0.15) is 24.8 Å².